The number of nitriles is 1. The molecule has 1 aliphatic carbocycles. The maximum Gasteiger partial charge on any atom is 0.342 e. The molecule has 1 aliphatic rings. The monoisotopic (exact) mass is 344 g/mol. The Bertz CT molecular complexity index is 687. The van der Waals surface area contributed by atoms with Gasteiger partial charge in [-0.1, -0.05) is 30.9 Å². The highest BCUT2D eigenvalue weighted by atomic mass is 16.5. The van der Waals surface area contributed by atoms with Crippen molar-refractivity contribution in [3.8, 4) is 11.8 Å². The van der Waals surface area contributed by atoms with E-state index < -0.39 is 23.5 Å². The lowest BCUT2D eigenvalue weighted by atomic mass is 9.83. The molecule has 1 saturated carbocycles. The van der Waals surface area contributed by atoms with Crippen molar-refractivity contribution in [2.75, 3.05) is 7.11 Å². The van der Waals surface area contributed by atoms with Gasteiger partial charge >= 0.3 is 5.97 Å². The van der Waals surface area contributed by atoms with Gasteiger partial charge in [-0.05, 0) is 38.8 Å². The SMILES string of the molecule is COc1ccc(C)cc1C(=O)O[C@H](C)C(=O)NC1(C#N)CCCCC1. The molecule has 25 heavy (non-hydrogen) atoms. The Morgan fingerprint density at radius 2 is 1.96 bits per heavy atom. The molecular formula is C19H24N2O4. The second kappa shape index (κ2) is 8.02. The lowest BCUT2D eigenvalue weighted by Crippen LogP contribution is -2.52. The molecule has 0 saturated heterocycles. The summed E-state index contributed by atoms with van der Waals surface area (Å²) in [6, 6.07) is 7.39. The fourth-order valence-electron chi connectivity index (χ4n) is 3.02. The molecule has 1 N–H and O–H groups in total. The van der Waals surface area contributed by atoms with Crippen molar-refractivity contribution in [3.63, 3.8) is 0 Å². The zero-order chi connectivity index (χ0) is 18.4. The first-order valence-electron chi connectivity index (χ1n) is 8.50. The number of benzene rings is 1. The topological polar surface area (TPSA) is 88.4 Å². The van der Waals surface area contributed by atoms with Crippen LogP contribution in [0.4, 0.5) is 0 Å². The third-order valence-electron chi connectivity index (χ3n) is 4.51. The second-order valence-electron chi connectivity index (χ2n) is 6.50. The fraction of sp³-hybridized carbons (Fsp3) is 0.526. The summed E-state index contributed by atoms with van der Waals surface area (Å²) in [4.78, 5) is 24.8. The van der Waals surface area contributed by atoms with Crippen molar-refractivity contribution in [1.82, 2.24) is 5.32 Å². The van der Waals surface area contributed by atoms with E-state index in [2.05, 4.69) is 11.4 Å². The van der Waals surface area contributed by atoms with Crippen LogP contribution in [0.5, 0.6) is 5.75 Å². The quantitative estimate of drug-likeness (QED) is 0.830. The van der Waals surface area contributed by atoms with Crippen molar-refractivity contribution in [2.24, 2.45) is 0 Å². The number of carbonyl (C=O) groups is 2. The predicted octanol–water partition coefficient (Wildman–Crippen LogP) is 2.89. The molecule has 1 atom stereocenters. The Kier molecular flexibility index (Phi) is 6.02. The molecule has 1 amide bonds. The highest BCUT2D eigenvalue weighted by molar-refractivity contribution is 5.95. The van der Waals surface area contributed by atoms with Gasteiger partial charge in [-0.3, -0.25) is 4.79 Å². The molecule has 0 radical (unpaired) electrons. The van der Waals surface area contributed by atoms with Crippen molar-refractivity contribution in [3.05, 3.63) is 29.3 Å². The highest BCUT2D eigenvalue weighted by Crippen LogP contribution is 2.28. The van der Waals surface area contributed by atoms with E-state index in [1.165, 1.54) is 14.0 Å². The van der Waals surface area contributed by atoms with Gasteiger partial charge in [-0.25, -0.2) is 4.79 Å². The van der Waals surface area contributed by atoms with E-state index in [4.69, 9.17) is 9.47 Å². The maximum atomic E-state index is 12.4. The Morgan fingerprint density at radius 3 is 2.56 bits per heavy atom. The van der Waals surface area contributed by atoms with Crippen LogP contribution >= 0.6 is 0 Å². The van der Waals surface area contributed by atoms with E-state index in [-0.39, 0.29) is 5.56 Å². The van der Waals surface area contributed by atoms with Crippen molar-refractivity contribution >= 4 is 11.9 Å². The molecule has 0 heterocycles. The third kappa shape index (κ3) is 4.50. The van der Waals surface area contributed by atoms with Crippen LogP contribution < -0.4 is 10.1 Å². The third-order valence-corrected chi connectivity index (χ3v) is 4.51. The molecule has 1 aromatic rings. The van der Waals surface area contributed by atoms with E-state index in [1.807, 2.05) is 13.0 Å². The first kappa shape index (κ1) is 18.8. The number of rotatable bonds is 5. The minimum absolute atomic E-state index is 0.273. The second-order valence-corrected chi connectivity index (χ2v) is 6.50. The molecule has 0 unspecified atom stereocenters. The van der Waals surface area contributed by atoms with Gasteiger partial charge in [0.25, 0.3) is 5.91 Å². The number of carbonyl (C=O) groups excluding carboxylic acids is 2. The molecule has 1 fully saturated rings. The standard InChI is InChI=1S/C19H24N2O4/c1-13-7-8-16(24-3)15(11-13)18(23)25-14(2)17(22)21-19(12-20)9-5-4-6-10-19/h7-8,11,14H,4-6,9-10H2,1-3H3,(H,21,22)/t14-/m1/s1. The van der Waals surface area contributed by atoms with Gasteiger partial charge in [0.05, 0.1) is 13.2 Å². The summed E-state index contributed by atoms with van der Waals surface area (Å²) in [5.41, 5.74) is 0.308. The molecule has 0 aromatic heterocycles. The van der Waals surface area contributed by atoms with Gasteiger partial charge in [0.2, 0.25) is 0 Å². The Morgan fingerprint density at radius 1 is 1.28 bits per heavy atom. The van der Waals surface area contributed by atoms with Gasteiger partial charge in [0.15, 0.2) is 6.10 Å². The average Bonchev–Trinajstić information content (AvgIpc) is 2.62. The molecule has 2 rings (SSSR count). The fourth-order valence-corrected chi connectivity index (χ4v) is 3.02. The van der Waals surface area contributed by atoms with E-state index >= 15 is 0 Å². The zero-order valence-corrected chi connectivity index (χ0v) is 14.9. The minimum Gasteiger partial charge on any atom is -0.496 e. The number of nitrogens with zero attached hydrogens (tertiary/aromatic N) is 1. The van der Waals surface area contributed by atoms with Crippen LogP contribution in [-0.4, -0.2) is 30.6 Å². The largest absolute Gasteiger partial charge is 0.496 e. The van der Waals surface area contributed by atoms with E-state index in [0.717, 1.165) is 24.8 Å². The summed E-state index contributed by atoms with van der Waals surface area (Å²) >= 11 is 0. The van der Waals surface area contributed by atoms with Crippen molar-refractivity contribution < 1.29 is 19.1 Å². The summed E-state index contributed by atoms with van der Waals surface area (Å²) in [6.07, 6.45) is 3.13. The Labute approximate surface area is 148 Å². The molecular weight excluding hydrogens is 320 g/mol. The number of hydrogen-bond acceptors (Lipinski definition) is 5. The van der Waals surface area contributed by atoms with Crippen molar-refractivity contribution in [2.45, 2.75) is 57.6 Å². The summed E-state index contributed by atoms with van der Waals surface area (Å²) in [5, 5.41) is 12.2. The van der Waals surface area contributed by atoms with Crippen molar-refractivity contribution in [1.29, 1.82) is 5.26 Å². The number of aryl methyl sites for hydroxylation is 1. The van der Waals surface area contributed by atoms with Crippen LogP contribution in [-0.2, 0) is 9.53 Å². The smallest absolute Gasteiger partial charge is 0.342 e. The number of amides is 1. The first-order valence-corrected chi connectivity index (χ1v) is 8.50. The minimum atomic E-state index is -0.995. The molecule has 1 aromatic carbocycles. The van der Waals surface area contributed by atoms with Crippen LogP contribution in [0.15, 0.2) is 18.2 Å². The van der Waals surface area contributed by atoms with Gasteiger partial charge in [0.1, 0.15) is 16.9 Å². The summed E-state index contributed by atoms with van der Waals surface area (Å²) in [5.74, 6) is -0.690. The molecule has 0 bridgehead atoms. The van der Waals surface area contributed by atoms with E-state index in [1.54, 1.807) is 12.1 Å². The number of hydrogen-bond donors (Lipinski definition) is 1. The normalized spacial score (nSPS) is 17.0. The summed E-state index contributed by atoms with van der Waals surface area (Å²) in [7, 11) is 1.47. The summed E-state index contributed by atoms with van der Waals surface area (Å²) in [6.45, 7) is 3.36. The van der Waals surface area contributed by atoms with E-state index in [9.17, 15) is 14.9 Å². The van der Waals surface area contributed by atoms with Crippen LogP contribution in [0.3, 0.4) is 0 Å². The first-order chi connectivity index (χ1) is 11.9. The van der Waals surface area contributed by atoms with Crippen LogP contribution in [0.25, 0.3) is 0 Å². The lowest BCUT2D eigenvalue weighted by Gasteiger charge is -2.32. The Balaban J connectivity index is 2.04. The highest BCUT2D eigenvalue weighted by Gasteiger charge is 2.35. The molecule has 6 heteroatoms. The molecule has 0 aliphatic heterocycles. The molecule has 134 valence electrons. The predicted molar refractivity (Wildman–Crippen MR) is 92.2 cm³/mol. The molecule has 6 nitrogen and oxygen atoms in total. The van der Waals surface area contributed by atoms with Gasteiger partial charge in [-0.2, -0.15) is 5.26 Å². The van der Waals surface area contributed by atoms with Gasteiger partial charge in [0, 0.05) is 0 Å². The lowest BCUT2D eigenvalue weighted by molar-refractivity contribution is -0.130. The van der Waals surface area contributed by atoms with E-state index in [0.29, 0.717) is 18.6 Å². The van der Waals surface area contributed by atoms with Gasteiger partial charge in [-0.15, -0.1) is 0 Å². The van der Waals surface area contributed by atoms with Gasteiger partial charge < -0.3 is 14.8 Å². The molecule has 0 spiro atoms. The Hall–Kier alpha value is -2.55. The number of methoxy groups -OCH3 is 1. The average molecular weight is 344 g/mol. The van der Waals surface area contributed by atoms with Crippen LogP contribution in [0.1, 0.15) is 54.9 Å². The maximum absolute atomic E-state index is 12.4. The number of nitrogens with one attached hydrogen (secondary N) is 1. The van der Waals surface area contributed by atoms with Crippen LogP contribution in [0.2, 0.25) is 0 Å². The zero-order valence-electron chi connectivity index (χ0n) is 14.9. The number of ether oxygens (including phenoxy) is 2. The number of esters is 1. The summed E-state index contributed by atoms with van der Waals surface area (Å²) < 4.78 is 10.5. The van der Waals surface area contributed by atoms with Crippen LogP contribution in [0, 0.1) is 18.3 Å².